The molecule has 2 aromatic carbocycles. The number of nitrogens with two attached hydrogens (primary N) is 1. The summed E-state index contributed by atoms with van der Waals surface area (Å²) in [6.45, 7) is 0. The molecule has 240 valence electrons. The van der Waals surface area contributed by atoms with E-state index in [0.717, 1.165) is 44.4 Å². The van der Waals surface area contributed by atoms with Gasteiger partial charge in [-0.2, -0.15) is 5.10 Å². The van der Waals surface area contributed by atoms with Crippen molar-refractivity contribution in [3.05, 3.63) is 78.3 Å². The van der Waals surface area contributed by atoms with E-state index in [1.165, 1.54) is 24.4 Å². The van der Waals surface area contributed by atoms with Gasteiger partial charge in [0.25, 0.3) is 0 Å². The number of H-pyrrole nitrogens is 2. The molecule has 0 spiro atoms. The van der Waals surface area contributed by atoms with Crippen molar-refractivity contribution >= 4 is 43.4 Å². The van der Waals surface area contributed by atoms with Gasteiger partial charge in [-0.1, -0.05) is 19.3 Å². The van der Waals surface area contributed by atoms with Crippen LogP contribution in [0, 0.1) is 17.6 Å². The van der Waals surface area contributed by atoms with Crippen molar-refractivity contribution in [1.82, 2.24) is 30.1 Å². The lowest BCUT2D eigenvalue weighted by Crippen LogP contribution is -2.24. The zero-order chi connectivity index (χ0) is 32.9. The van der Waals surface area contributed by atoms with Crippen LogP contribution in [0.3, 0.4) is 0 Å². The summed E-state index contributed by atoms with van der Waals surface area (Å²) in [4.78, 5) is 29.4. The SMILES string of the molecule is CS(=O)(=O)C(N)c1cc(F)cc(-c2nccc3[nH]c(-c4n[nH]c5c(F)cc(-c6cncc(NC(=O)C7CCCCC7)c6)cc45)nc23)c1. The Hall–Kier alpha value is -5.08. The molecular weight excluding hydrogens is 626 g/mol. The third-order valence-corrected chi connectivity index (χ3v) is 9.74. The van der Waals surface area contributed by atoms with E-state index in [2.05, 4.69) is 30.5 Å². The molecule has 7 rings (SSSR count). The third-order valence-electron chi connectivity index (χ3n) is 8.55. The van der Waals surface area contributed by atoms with E-state index in [1.807, 2.05) is 0 Å². The van der Waals surface area contributed by atoms with E-state index in [9.17, 15) is 17.6 Å². The zero-order valence-electron chi connectivity index (χ0n) is 25.2. The van der Waals surface area contributed by atoms with E-state index in [0.29, 0.717) is 44.8 Å². The highest BCUT2D eigenvalue weighted by Crippen LogP contribution is 2.35. The van der Waals surface area contributed by atoms with Gasteiger partial charge >= 0.3 is 0 Å². The van der Waals surface area contributed by atoms with Crippen LogP contribution in [0.1, 0.15) is 43.0 Å². The number of aromatic nitrogens is 6. The zero-order valence-corrected chi connectivity index (χ0v) is 26.0. The van der Waals surface area contributed by atoms with Crippen LogP contribution in [0.4, 0.5) is 14.5 Å². The molecule has 1 atom stereocenters. The molecule has 14 heteroatoms. The van der Waals surface area contributed by atoms with Gasteiger partial charge in [0.1, 0.15) is 33.7 Å². The Morgan fingerprint density at radius 2 is 1.81 bits per heavy atom. The van der Waals surface area contributed by atoms with Crippen molar-refractivity contribution in [3.8, 4) is 33.9 Å². The summed E-state index contributed by atoms with van der Waals surface area (Å²) in [5.74, 6) is -0.982. The molecule has 1 amide bonds. The fraction of sp³-hybridized carbons (Fsp3) is 0.242. The van der Waals surface area contributed by atoms with Gasteiger partial charge in [0.15, 0.2) is 15.7 Å². The second kappa shape index (κ2) is 11.9. The number of imidazole rings is 1. The van der Waals surface area contributed by atoms with Crippen molar-refractivity contribution in [2.24, 2.45) is 11.7 Å². The van der Waals surface area contributed by atoms with Crippen LogP contribution >= 0.6 is 0 Å². The summed E-state index contributed by atoms with van der Waals surface area (Å²) in [6, 6.07) is 10.3. The second-order valence-corrected chi connectivity index (χ2v) is 14.1. The van der Waals surface area contributed by atoms with E-state index in [1.54, 1.807) is 30.6 Å². The number of nitrogens with zero attached hydrogens (tertiary/aromatic N) is 4. The molecule has 1 aliphatic carbocycles. The molecule has 4 aromatic heterocycles. The fourth-order valence-corrected chi connectivity index (χ4v) is 6.75. The number of rotatable bonds is 7. The molecule has 1 saturated carbocycles. The first kappa shape index (κ1) is 30.6. The maximum atomic E-state index is 15.4. The first-order valence-corrected chi connectivity index (χ1v) is 17.0. The smallest absolute Gasteiger partial charge is 0.227 e. The number of amides is 1. The van der Waals surface area contributed by atoms with Crippen molar-refractivity contribution in [2.45, 2.75) is 37.5 Å². The molecule has 1 unspecified atom stereocenters. The Bertz CT molecular complexity index is 2280. The summed E-state index contributed by atoms with van der Waals surface area (Å²) in [5, 5.41) is 9.08. The van der Waals surface area contributed by atoms with Gasteiger partial charge < -0.3 is 16.0 Å². The van der Waals surface area contributed by atoms with Gasteiger partial charge in [0, 0.05) is 41.1 Å². The second-order valence-electron chi connectivity index (χ2n) is 11.9. The van der Waals surface area contributed by atoms with Crippen LogP contribution in [0.15, 0.2) is 61.1 Å². The minimum absolute atomic E-state index is 0.0257. The van der Waals surface area contributed by atoms with E-state index >= 15 is 4.39 Å². The first-order chi connectivity index (χ1) is 22.5. The molecule has 1 aliphatic rings. The molecule has 0 aliphatic heterocycles. The average molecular weight is 657 g/mol. The Morgan fingerprint density at radius 1 is 1.00 bits per heavy atom. The highest BCUT2D eigenvalue weighted by atomic mass is 32.2. The first-order valence-electron chi connectivity index (χ1n) is 15.1. The van der Waals surface area contributed by atoms with E-state index in [-0.39, 0.29) is 34.2 Å². The predicted octanol–water partition coefficient (Wildman–Crippen LogP) is 6.03. The standard InChI is InChI=1S/C33H30F2N8O3S/c1-47(45,46)31(36)20-9-19(10-22(34)11-20)27-30-26(7-8-38-27)40-32(41-30)29-24-13-18(14-25(35)28(24)42-43-29)21-12-23(16-37-15-21)39-33(44)17-5-3-2-4-6-17/h7-17,31H,2-6,36H2,1H3,(H,39,44)(H,40,41)(H,42,43). The molecule has 0 saturated heterocycles. The minimum Gasteiger partial charge on any atom is -0.336 e. The number of halogens is 2. The average Bonchev–Trinajstić information content (AvgIpc) is 3.69. The number of sulfone groups is 1. The highest BCUT2D eigenvalue weighted by Gasteiger charge is 2.23. The summed E-state index contributed by atoms with van der Waals surface area (Å²) < 4.78 is 54.2. The van der Waals surface area contributed by atoms with Gasteiger partial charge in [0.05, 0.1) is 23.1 Å². The summed E-state index contributed by atoms with van der Waals surface area (Å²) in [7, 11) is -3.70. The lowest BCUT2D eigenvalue weighted by Gasteiger charge is -2.20. The third kappa shape index (κ3) is 5.97. The van der Waals surface area contributed by atoms with Crippen LogP contribution in [0.5, 0.6) is 0 Å². The van der Waals surface area contributed by atoms with Gasteiger partial charge in [-0.05, 0) is 66.4 Å². The summed E-state index contributed by atoms with van der Waals surface area (Å²) in [5.41, 5.74) is 9.59. The Labute approximate surface area is 268 Å². The molecular formula is C33H30F2N8O3S. The maximum Gasteiger partial charge on any atom is 0.227 e. The number of nitrogens with one attached hydrogen (secondary N) is 3. The minimum atomic E-state index is -3.70. The number of anilines is 1. The number of aromatic amines is 2. The van der Waals surface area contributed by atoms with Crippen LogP contribution < -0.4 is 11.1 Å². The van der Waals surface area contributed by atoms with Crippen molar-refractivity contribution in [3.63, 3.8) is 0 Å². The quantitative estimate of drug-likeness (QED) is 0.161. The van der Waals surface area contributed by atoms with Crippen LogP contribution in [-0.2, 0) is 14.6 Å². The van der Waals surface area contributed by atoms with Gasteiger partial charge in [0.2, 0.25) is 5.91 Å². The largest absolute Gasteiger partial charge is 0.336 e. The van der Waals surface area contributed by atoms with Crippen molar-refractivity contribution < 1.29 is 22.0 Å². The Morgan fingerprint density at radius 3 is 2.60 bits per heavy atom. The van der Waals surface area contributed by atoms with E-state index < -0.39 is 26.8 Å². The van der Waals surface area contributed by atoms with Gasteiger partial charge in [-0.3, -0.25) is 19.9 Å². The number of hydrogen-bond donors (Lipinski definition) is 4. The van der Waals surface area contributed by atoms with Crippen LogP contribution in [-0.4, -0.2) is 50.7 Å². The van der Waals surface area contributed by atoms with Crippen LogP contribution in [0.25, 0.3) is 55.8 Å². The molecule has 0 radical (unpaired) electrons. The number of pyridine rings is 2. The maximum absolute atomic E-state index is 15.4. The van der Waals surface area contributed by atoms with Crippen molar-refractivity contribution in [2.75, 3.05) is 11.6 Å². The normalized spacial score (nSPS) is 14.9. The summed E-state index contributed by atoms with van der Waals surface area (Å²) >= 11 is 0. The van der Waals surface area contributed by atoms with Gasteiger partial charge in [-0.15, -0.1) is 0 Å². The molecule has 6 aromatic rings. The van der Waals surface area contributed by atoms with Crippen LogP contribution in [0.2, 0.25) is 0 Å². The molecule has 4 heterocycles. The number of fused-ring (bicyclic) bond motifs is 2. The molecule has 0 bridgehead atoms. The number of hydrogen-bond acceptors (Lipinski definition) is 8. The molecule has 47 heavy (non-hydrogen) atoms. The summed E-state index contributed by atoms with van der Waals surface area (Å²) in [6.07, 6.45) is 10.6. The molecule has 5 N–H and O–H groups in total. The Kier molecular flexibility index (Phi) is 7.76. The number of carbonyl (C=O) groups excluding carboxylic acids is 1. The lowest BCUT2D eigenvalue weighted by molar-refractivity contribution is -0.120. The topological polar surface area (TPSA) is 172 Å². The number of benzene rings is 2. The van der Waals surface area contributed by atoms with E-state index in [4.69, 9.17) is 10.7 Å². The Balaban J connectivity index is 1.26. The monoisotopic (exact) mass is 656 g/mol. The highest BCUT2D eigenvalue weighted by molar-refractivity contribution is 7.90. The van der Waals surface area contributed by atoms with Gasteiger partial charge in [-0.25, -0.2) is 22.2 Å². The number of carbonyl (C=O) groups is 1. The molecule has 1 fully saturated rings. The fourth-order valence-electron chi connectivity index (χ4n) is 6.12. The predicted molar refractivity (Wildman–Crippen MR) is 175 cm³/mol. The lowest BCUT2D eigenvalue weighted by atomic mass is 9.88. The van der Waals surface area contributed by atoms with Crippen molar-refractivity contribution in [1.29, 1.82) is 0 Å². The molecule has 11 nitrogen and oxygen atoms in total.